The largest absolute Gasteiger partial charge is 0.375 e. The Kier molecular flexibility index (Phi) is 5.80. The second kappa shape index (κ2) is 9.28. The Labute approximate surface area is 211 Å². The Hall–Kier alpha value is -4.32. The molecule has 0 aliphatic carbocycles. The summed E-state index contributed by atoms with van der Waals surface area (Å²) in [7, 11) is 2.08. The summed E-state index contributed by atoms with van der Waals surface area (Å²) in [5.74, 6) is 0.383. The van der Waals surface area contributed by atoms with Gasteiger partial charge in [-0.05, 0) is 32.2 Å². The molecular weight excluding hydrogens is 475 g/mol. The maximum atomic E-state index is 15.2. The van der Waals surface area contributed by atoms with Crippen molar-refractivity contribution in [3.05, 3.63) is 58.8 Å². The first-order chi connectivity index (χ1) is 18.0. The van der Waals surface area contributed by atoms with Crippen LogP contribution in [0.5, 0.6) is 0 Å². The number of aromatic nitrogens is 7. The van der Waals surface area contributed by atoms with Crippen LogP contribution in [-0.4, -0.2) is 72.8 Å². The van der Waals surface area contributed by atoms with Gasteiger partial charge in [-0.2, -0.15) is 5.10 Å². The number of aryl methyl sites for hydroxylation is 1. The summed E-state index contributed by atoms with van der Waals surface area (Å²) < 4.78 is 17.0. The van der Waals surface area contributed by atoms with Gasteiger partial charge in [0.2, 0.25) is 0 Å². The maximum absolute atomic E-state index is 15.2. The second-order valence-corrected chi connectivity index (χ2v) is 9.17. The van der Waals surface area contributed by atoms with E-state index in [9.17, 15) is 4.79 Å². The second-order valence-electron chi connectivity index (χ2n) is 9.17. The molecule has 1 aliphatic heterocycles. The van der Waals surface area contributed by atoms with Crippen LogP contribution < -0.4 is 15.8 Å². The third kappa shape index (κ3) is 4.29. The van der Waals surface area contributed by atoms with Crippen LogP contribution in [-0.2, 0) is 13.1 Å². The number of aromatic amines is 2. The molecule has 1 fully saturated rings. The van der Waals surface area contributed by atoms with Gasteiger partial charge in [0.25, 0.3) is 5.56 Å². The van der Waals surface area contributed by atoms with E-state index in [0.717, 1.165) is 31.9 Å². The minimum atomic E-state index is -0.436. The number of hydrogen-bond donors (Lipinski definition) is 3. The predicted molar refractivity (Wildman–Crippen MR) is 140 cm³/mol. The van der Waals surface area contributed by atoms with Crippen molar-refractivity contribution in [1.29, 1.82) is 0 Å². The number of hydrogen-bond acceptors (Lipinski definition) is 8. The number of likely N-dealkylation sites (N-methyl/N-ethyl adjacent to an activating group) is 1. The molecule has 190 valence electrons. The summed E-state index contributed by atoms with van der Waals surface area (Å²) in [5, 5.41) is 7.93. The quantitative estimate of drug-likeness (QED) is 0.324. The highest BCUT2D eigenvalue weighted by Gasteiger charge is 2.23. The molecule has 3 N–H and O–H groups in total. The van der Waals surface area contributed by atoms with E-state index < -0.39 is 5.82 Å². The first-order valence-electron chi connectivity index (χ1n) is 12.3. The highest BCUT2D eigenvalue weighted by molar-refractivity contribution is 5.96. The number of H-pyrrole nitrogens is 2. The van der Waals surface area contributed by atoms with E-state index in [1.54, 1.807) is 29.3 Å². The van der Waals surface area contributed by atoms with E-state index >= 15 is 4.39 Å². The van der Waals surface area contributed by atoms with E-state index in [0.29, 0.717) is 34.6 Å². The summed E-state index contributed by atoms with van der Waals surface area (Å²) in [6.07, 6.45) is 5.10. The van der Waals surface area contributed by atoms with Gasteiger partial charge >= 0.3 is 0 Å². The molecule has 1 aromatic carbocycles. The fraction of sp³-hybridized carbons (Fsp3) is 0.320. The average molecular weight is 503 g/mol. The molecule has 4 aromatic heterocycles. The van der Waals surface area contributed by atoms with Gasteiger partial charge in [0.15, 0.2) is 5.82 Å². The average Bonchev–Trinajstić information content (AvgIpc) is 3.52. The Morgan fingerprint density at radius 2 is 1.84 bits per heavy atom. The number of imidazole rings is 1. The number of rotatable bonds is 6. The van der Waals surface area contributed by atoms with Crippen LogP contribution in [0.2, 0.25) is 0 Å². The third-order valence-electron chi connectivity index (χ3n) is 6.72. The summed E-state index contributed by atoms with van der Waals surface area (Å²) in [6.45, 7) is 6.33. The van der Waals surface area contributed by atoms with Crippen LogP contribution in [0.1, 0.15) is 12.7 Å². The molecule has 0 radical (unpaired) electrons. The first kappa shape index (κ1) is 23.1. The fourth-order valence-electron chi connectivity index (χ4n) is 4.69. The van der Waals surface area contributed by atoms with Gasteiger partial charge in [0, 0.05) is 57.0 Å². The molecule has 0 unspecified atom stereocenters. The topological polar surface area (TPSA) is 124 Å². The molecule has 0 spiro atoms. The van der Waals surface area contributed by atoms with Gasteiger partial charge in [0.1, 0.15) is 28.2 Å². The molecule has 0 atom stereocenters. The smallest absolute Gasteiger partial charge is 0.261 e. The Morgan fingerprint density at radius 3 is 2.59 bits per heavy atom. The van der Waals surface area contributed by atoms with Crippen LogP contribution >= 0.6 is 0 Å². The summed E-state index contributed by atoms with van der Waals surface area (Å²) in [4.78, 5) is 36.9. The van der Waals surface area contributed by atoms with Gasteiger partial charge < -0.3 is 25.1 Å². The zero-order valence-corrected chi connectivity index (χ0v) is 20.6. The van der Waals surface area contributed by atoms with Crippen molar-refractivity contribution in [3.63, 3.8) is 0 Å². The van der Waals surface area contributed by atoms with Crippen LogP contribution in [0, 0.1) is 5.82 Å². The van der Waals surface area contributed by atoms with E-state index in [1.165, 1.54) is 6.07 Å². The highest BCUT2D eigenvalue weighted by Crippen LogP contribution is 2.32. The SMILES string of the molecule is CCn1cc2[nH]c(=O)c(-c3nc4c(F)cc(N5CCN(C)CC5)cc4[nH]3)c(NCc3ncccn3)c2n1. The van der Waals surface area contributed by atoms with Crippen molar-refractivity contribution >= 4 is 33.4 Å². The normalized spacial score (nSPS) is 14.6. The molecule has 11 nitrogen and oxygen atoms in total. The van der Waals surface area contributed by atoms with Gasteiger partial charge in [-0.25, -0.2) is 19.3 Å². The van der Waals surface area contributed by atoms with Gasteiger partial charge in [-0.1, -0.05) is 0 Å². The lowest BCUT2D eigenvalue weighted by molar-refractivity contribution is 0.313. The van der Waals surface area contributed by atoms with E-state index in [2.05, 4.69) is 52.2 Å². The summed E-state index contributed by atoms with van der Waals surface area (Å²) in [5.41, 5.74) is 3.04. The highest BCUT2D eigenvalue weighted by atomic mass is 19.1. The molecular formula is C25H27FN10O. The van der Waals surface area contributed by atoms with Crippen molar-refractivity contribution in [2.45, 2.75) is 20.0 Å². The van der Waals surface area contributed by atoms with Crippen LogP contribution in [0.4, 0.5) is 15.8 Å². The van der Waals surface area contributed by atoms with Crippen molar-refractivity contribution < 1.29 is 4.39 Å². The number of nitrogens with zero attached hydrogens (tertiary/aromatic N) is 7. The molecule has 5 heterocycles. The monoisotopic (exact) mass is 502 g/mol. The molecule has 6 rings (SSSR count). The van der Waals surface area contributed by atoms with E-state index in [4.69, 9.17) is 0 Å². The zero-order valence-electron chi connectivity index (χ0n) is 20.6. The number of piperazine rings is 1. The zero-order chi connectivity index (χ0) is 25.5. The molecule has 0 bridgehead atoms. The van der Waals surface area contributed by atoms with Crippen LogP contribution in [0.15, 0.2) is 41.6 Å². The van der Waals surface area contributed by atoms with Crippen LogP contribution in [0.3, 0.4) is 0 Å². The van der Waals surface area contributed by atoms with Crippen molar-refractivity contribution in [1.82, 2.24) is 39.6 Å². The number of fused-ring (bicyclic) bond motifs is 2. The standard InChI is InChI=1S/C25H27FN10O/c1-3-36-14-18-22(33-36)23(29-13-19-27-5-4-6-28-19)20(25(37)31-18)24-30-17-12-15(11-16(26)21(17)32-24)35-9-7-34(2)8-10-35/h4-6,11-12,14,29H,3,7-10,13H2,1-2H3,(H,30,32)(H,31,37). The molecule has 1 saturated heterocycles. The predicted octanol–water partition coefficient (Wildman–Crippen LogP) is 2.58. The lowest BCUT2D eigenvalue weighted by Crippen LogP contribution is -2.44. The number of pyridine rings is 1. The first-order valence-corrected chi connectivity index (χ1v) is 12.3. The third-order valence-corrected chi connectivity index (χ3v) is 6.72. The van der Waals surface area contributed by atoms with Crippen molar-refractivity contribution in [2.75, 3.05) is 43.4 Å². The number of nitrogens with one attached hydrogen (secondary N) is 3. The lowest BCUT2D eigenvalue weighted by Gasteiger charge is -2.34. The molecule has 5 aromatic rings. The number of halogens is 1. The van der Waals surface area contributed by atoms with E-state index in [-0.39, 0.29) is 29.0 Å². The molecule has 1 aliphatic rings. The van der Waals surface area contributed by atoms with Gasteiger partial charge in [-0.15, -0.1) is 0 Å². The van der Waals surface area contributed by atoms with E-state index in [1.807, 2.05) is 13.0 Å². The number of benzene rings is 1. The lowest BCUT2D eigenvalue weighted by atomic mass is 10.2. The Morgan fingerprint density at radius 1 is 1.05 bits per heavy atom. The fourth-order valence-corrected chi connectivity index (χ4v) is 4.69. The minimum Gasteiger partial charge on any atom is -0.375 e. The molecule has 12 heteroatoms. The molecule has 37 heavy (non-hydrogen) atoms. The van der Waals surface area contributed by atoms with Crippen LogP contribution in [0.25, 0.3) is 33.5 Å². The molecule has 0 saturated carbocycles. The summed E-state index contributed by atoms with van der Waals surface area (Å²) in [6, 6.07) is 5.15. The molecule has 0 amide bonds. The van der Waals surface area contributed by atoms with Gasteiger partial charge in [0.05, 0.1) is 23.3 Å². The Balaban J connectivity index is 1.46. The maximum Gasteiger partial charge on any atom is 0.261 e. The van der Waals surface area contributed by atoms with Gasteiger partial charge in [-0.3, -0.25) is 9.48 Å². The van der Waals surface area contributed by atoms with Crippen molar-refractivity contribution in [3.8, 4) is 11.4 Å². The Bertz CT molecular complexity index is 1630. The summed E-state index contributed by atoms with van der Waals surface area (Å²) >= 11 is 0. The van der Waals surface area contributed by atoms with Crippen molar-refractivity contribution in [2.24, 2.45) is 0 Å². The minimum absolute atomic E-state index is 0.184. The number of anilines is 2.